The Balaban J connectivity index is 2.03. The van der Waals surface area contributed by atoms with Crippen LogP contribution in [0.15, 0.2) is 0 Å². The van der Waals surface area contributed by atoms with Crippen LogP contribution in [0.4, 0.5) is 0 Å². The summed E-state index contributed by atoms with van der Waals surface area (Å²) in [5, 5.41) is 0. The van der Waals surface area contributed by atoms with Crippen LogP contribution in [0.3, 0.4) is 0 Å². The largest absolute Gasteiger partial charge is 0.372 e. The molecule has 2 heteroatoms. The van der Waals surface area contributed by atoms with Crippen molar-refractivity contribution in [2.75, 3.05) is 20.1 Å². The van der Waals surface area contributed by atoms with E-state index >= 15 is 0 Å². The predicted molar refractivity (Wildman–Crippen MR) is 35.4 cm³/mol. The zero-order chi connectivity index (χ0) is 6.27. The molecule has 2 aliphatic heterocycles. The maximum absolute atomic E-state index is 5.63. The molecule has 2 saturated heterocycles. The van der Waals surface area contributed by atoms with E-state index in [2.05, 4.69) is 11.9 Å². The van der Waals surface area contributed by atoms with E-state index in [1.165, 1.54) is 12.8 Å². The molecule has 0 saturated carbocycles. The van der Waals surface area contributed by atoms with Crippen LogP contribution in [0.25, 0.3) is 0 Å². The third-order valence-electron chi connectivity index (χ3n) is 2.23. The third kappa shape index (κ3) is 0.970. The number of morpholine rings is 1. The molecular weight excluding hydrogens is 114 g/mol. The number of likely N-dealkylation sites (tertiary alicyclic amines) is 1. The lowest BCUT2D eigenvalue weighted by Gasteiger charge is -2.28. The van der Waals surface area contributed by atoms with Crippen molar-refractivity contribution in [3.8, 4) is 0 Å². The van der Waals surface area contributed by atoms with Crippen LogP contribution in [-0.2, 0) is 4.74 Å². The molecule has 0 aromatic carbocycles. The van der Waals surface area contributed by atoms with Gasteiger partial charge in [0, 0.05) is 13.1 Å². The number of likely N-dealkylation sites (N-methyl/N-ethyl adjacent to an activating group) is 1. The topological polar surface area (TPSA) is 12.5 Å². The molecule has 9 heavy (non-hydrogen) atoms. The highest BCUT2D eigenvalue weighted by atomic mass is 16.5. The highest BCUT2D eigenvalue weighted by Gasteiger charge is 2.31. The van der Waals surface area contributed by atoms with Gasteiger partial charge in [-0.25, -0.2) is 0 Å². The number of hydrogen-bond donors (Lipinski definition) is 0. The van der Waals surface area contributed by atoms with E-state index in [0.29, 0.717) is 12.2 Å². The van der Waals surface area contributed by atoms with Crippen molar-refractivity contribution in [1.29, 1.82) is 0 Å². The van der Waals surface area contributed by atoms with Crippen molar-refractivity contribution in [3.63, 3.8) is 0 Å². The summed E-state index contributed by atoms with van der Waals surface area (Å²) in [6.45, 7) is 2.30. The molecule has 2 fully saturated rings. The summed E-state index contributed by atoms with van der Waals surface area (Å²) in [6, 6.07) is 0. The van der Waals surface area contributed by atoms with Gasteiger partial charge < -0.3 is 9.64 Å². The Morgan fingerprint density at radius 3 is 2.33 bits per heavy atom. The van der Waals surface area contributed by atoms with Crippen LogP contribution in [0, 0.1) is 0 Å². The lowest BCUT2D eigenvalue weighted by molar-refractivity contribution is -0.0293. The van der Waals surface area contributed by atoms with Crippen LogP contribution in [0.2, 0.25) is 0 Å². The lowest BCUT2D eigenvalue weighted by Crippen LogP contribution is -2.39. The standard InChI is InChI=1S/C7H13NO/c1-8-4-6-2-3-7(5-8)9-6/h6-7H,2-5H2,1H3. The van der Waals surface area contributed by atoms with E-state index < -0.39 is 0 Å². The van der Waals surface area contributed by atoms with Crippen LogP contribution < -0.4 is 0 Å². The monoisotopic (exact) mass is 127 g/mol. The number of nitrogens with zero attached hydrogens (tertiary/aromatic N) is 1. The number of fused-ring (bicyclic) bond motifs is 2. The highest BCUT2D eigenvalue weighted by Crippen LogP contribution is 2.24. The minimum atomic E-state index is 0.564. The first-order chi connectivity index (χ1) is 4.34. The van der Waals surface area contributed by atoms with Gasteiger partial charge in [0.15, 0.2) is 0 Å². The van der Waals surface area contributed by atoms with Gasteiger partial charge >= 0.3 is 0 Å². The van der Waals surface area contributed by atoms with Gasteiger partial charge in [0.2, 0.25) is 0 Å². The van der Waals surface area contributed by atoms with Gasteiger partial charge in [0.05, 0.1) is 12.2 Å². The zero-order valence-corrected chi connectivity index (χ0v) is 5.84. The Morgan fingerprint density at radius 1 is 1.22 bits per heavy atom. The fourth-order valence-electron chi connectivity index (χ4n) is 1.82. The smallest absolute Gasteiger partial charge is 0.0707 e. The Bertz CT molecular complexity index is 103. The van der Waals surface area contributed by atoms with Gasteiger partial charge in [0.1, 0.15) is 0 Å². The molecule has 0 amide bonds. The minimum Gasteiger partial charge on any atom is -0.372 e. The van der Waals surface area contributed by atoms with Crippen molar-refractivity contribution >= 4 is 0 Å². The van der Waals surface area contributed by atoms with E-state index in [1.807, 2.05) is 0 Å². The SMILES string of the molecule is CN1CC2CCC(C1)O2. The fraction of sp³-hybridized carbons (Fsp3) is 1.00. The molecule has 0 aromatic rings. The second-order valence-electron chi connectivity index (χ2n) is 3.18. The number of ether oxygens (including phenoxy) is 1. The predicted octanol–water partition coefficient (Wildman–Crippen LogP) is 0.479. The maximum atomic E-state index is 5.63. The molecule has 2 rings (SSSR count). The summed E-state index contributed by atoms with van der Waals surface area (Å²) in [7, 11) is 2.17. The molecule has 2 aliphatic rings. The lowest BCUT2D eigenvalue weighted by atomic mass is 10.2. The average molecular weight is 127 g/mol. The van der Waals surface area contributed by atoms with Crippen molar-refractivity contribution in [1.82, 2.24) is 4.90 Å². The molecule has 2 unspecified atom stereocenters. The molecule has 0 spiro atoms. The van der Waals surface area contributed by atoms with Crippen molar-refractivity contribution in [2.45, 2.75) is 25.0 Å². The molecule has 2 nitrogen and oxygen atoms in total. The molecule has 52 valence electrons. The van der Waals surface area contributed by atoms with E-state index in [-0.39, 0.29) is 0 Å². The van der Waals surface area contributed by atoms with Crippen LogP contribution in [0.5, 0.6) is 0 Å². The number of hydrogen-bond acceptors (Lipinski definition) is 2. The van der Waals surface area contributed by atoms with Crippen LogP contribution in [0.1, 0.15) is 12.8 Å². The second-order valence-corrected chi connectivity index (χ2v) is 3.18. The zero-order valence-electron chi connectivity index (χ0n) is 5.84. The van der Waals surface area contributed by atoms with E-state index in [9.17, 15) is 0 Å². The van der Waals surface area contributed by atoms with Gasteiger partial charge in [0.25, 0.3) is 0 Å². The van der Waals surface area contributed by atoms with Crippen LogP contribution in [-0.4, -0.2) is 37.2 Å². The molecule has 2 heterocycles. The van der Waals surface area contributed by atoms with Gasteiger partial charge in [-0.05, 0) is 19.9 Å². The Kier molecular flexibility index (Phi) is 1.24. The minimum absolute atomic E-state index is 0.564. The first-order valence-corrected chi connectivity index (χ1v) is 3.68. The molecular formula is C7H13NO. The molecule has 2 atom stereocenters. The normalized spacial score (nSPS) is 43.7. The van der Waals surface area contributed by atoms with Gasteiger partial charge in [-0.15, -0.1) is 0 Å². The summed E-state index contributed by atoms with van der Waals surface area (Å²) >= 11 is 0. The maximum Gasteiger partial charge on any atom is 0.0707 e. The van der Waals surface area contributed by atoms with Gasteiger partial charge in [-0.2, -0.15) is 0 Å². The van der Waals surface area contributed by atoms with Crippen LogP contribution >= 0.6 is 0 Å². The summed E-state index contributed by atoms with van der Waals surface area (Å²) < 4.78 is 5.63. The fourth-order valence-corrected chi connectivity index (χ4v) is 1.82. The average Bonchev–Trinajstić information content (AvgIpc) is 2.11. The number of rotatable bonds is 0. The molecule has 0 aliphatic carbocycles. The Labute approximate surface area is 55.8 Å². The quantitative estimate of drug-likeness (QED) is 0.469. The summed E-state index contributed by atoms with van der Waals surface area (Å²) in [5.41, 5.74) is 0. The first kappa shape index (κ1) is 5.69. The van der Waals surface area contributed by atoms with Crippen molar-refractivity contribution in [2.24, 2.45) is 0 Å². The molecule has 2 bridgehead atoms. The summed E-state index contributed by atoms with van der Waals surface area (Å²) in [4.78, 5) is 2.37. The third-order valence-corrected chi connectivity index (χ3v) is 2.23. The van der Waals surface area contributed by atoms with E-state index in [4.69, 9.17) is 4.74 Å². The summed E-state index contributed by atoms with van der Waals surface area (Å²) in [6.07, 6.45) is 3.70. The van der Waals surface area contributed by atoms with Gasteiger partial charge in [-0.1, -0.05) is 0 Å². The first-order valence-electron chi connectivity index (χ1n) is 3.68. The molecule has 0 aromatic heterocycles. The van der Waals surface area contributed by atoms with E-state index in [0.717, 1.165) is 13.1 Å². The summed E-state index contributed by atoms with van der Waals surface area (Å²) in [5.74, 6) is 0. The molecule has 0 radical (unpaired) electrons. The highest BCUT2D eigenvalue weighted by molar-refractivity contribution is 4.82. The van der Waals surface area contributed by atoms with Crippen molar-refractivity contribution < 1.29 is 4.74 Å². The Morgan fingerprint density at radius 2 is 1.78 bits per heavy atom. The Hall–Kier alpha value is -0.0800. The second kappa shape index (κ2) is 1.96. The van der Waals surface area contributed by atoms with Gasteiger partial charge in [-0.3, -0.25) is 0 Å². The van der Waals surface area contributed by atoms with E-state index in [1.54, 1.807) is 0 Å². The molecule has 0 N–H and O–H groups in total. The van der Waals surface area contributed by atoms with Crippen molar-refractivity contribution in [3.05, 3.63) is 0 Å².